The average molecular weight is 295 g/mol. The van der Waals surface area contributed by atoms with Crippen LogP contribution < -0.4 is 0 Å². The number of carbonyl (C=O) groups excluding carboxylic acids is 1. The molecule has 4 nitrogen and oxygen atoms in total. The fourth-order valence-electron chi connectivity index (χ4n) is 1.55. The van der Waals surface area contributed by atoms with Gasteiger partial charge in [-0.15, -0.1) is 0 Å². The first-order valence-electron chi connectivity index (χ1n) is 6.85. The highest BCUT2D eigenvalue weighted by molar-refractivity contribution is 6.74. The van der Waals surface area contributed by atoms with Crippen LogP contribution in [0.15, 0.2) is 18.3 Å². The molecule has 1 rings (SSSR count). The van der Waals surface area contributed by atoms with E-state index in [-0.39, 0.29) is 11.0 Å². The van der Waals surface area contributed by atoms with Crippen LogP contribution in [0.4, 0.5) is 0 Å². The summed E-state index contributed by atoms with van der Waals surface area (Å²) < 4.78 is 10.9. The molecule has 0 aliphatic heterocycles. The molecule has 0 saturated heterocycles. The molecule has 112 valence electrons. The largest absolute Gasteiger partial charge is 0.465 e. The summed E-state index contributed by atoms with van der Waals surface area (Å²) in [5.74, 6) is -0.347. The summed E-state index contributed by atoms with van der Waals surface area (Å²) in [5.41, 5.74) is 1.26. The van der Waals surface area contributed by atoms with Crippen molar-refractivity contribution >= 4 is 14.3 Å². The molecular weight excluding hydrogens is 270 g/mol. The lowest BCUT2D eigenvalue weighted by atomic mass is 10.1. The Morgan fingerprint density at radius 2 is 2.00 bits per heavy atom. The maximum Gasteiger partial charge on any atom is 0.339 e. The van der Waals surface area contributed by atoms with Crippen molar-refractivity contribution in [3.05, 3.63) is 29.6 Å². The number of aromatic nitrogens is 1. The van der Waals surface area contributed by atoms with E-state index in [2.05, 4.69) is 38.8 Å². The van der Waals surface area contributed by atoms with Crippen LogP contribution in [0, 0.1) is 0 Å². The number of methoxy groups -OCH3 is 1. The van der Waals surface area contributed by atoms with Crippen LogP contribution >= 0.6 is 0 Å². The molecule has 0 atom stereocenters. The van der Waals surface area contributed by atoms with Gasteiger partial charge in [-0.2, -0.15) is 0 Å². The van der Waals surface area contributed by atoms with Crippen LogP contribution in [-0.4, -0.2) is 33.0 Å². The van der Waals surface area contributed by atoms with E-state index in [0.29, 0.717) is 18.6 Å². The number of hydrogen-bond acceptors (Lipinski definition) is 4. The number of hydrogen-bond donors (Lipinski definition) is 0. The second-order valence-electron chi connectivity index (χ2n) is 6.35. The minimum Gasteiger partial charge on any atom is -0.465 e. The van der Waals surface area contributed by atoms with Gasteiger partial charge in [-0.05, 0) is 30.3 Å². The van der Waals surface area contributed by atoms with Crippen LogP contribution in [0.5, 0.6) is 0 Å². The molecule has 0 radical (unpaired) electrons. The first-order valence-corrected chi connectivity index (χ1v) is 9.76. The number of ether oxygens (including phenoxy) is 1. The quantitative estimate of drug-likeness (QED) is 0.617. The molecule has 1 aromatic heterocycles. The highest BCUT2D eigenvalue weighted by Crippen LogP contribution is 2.36. The van der Waals surface area contributed by atoms with E-state index in [4.69, 9.17) is 9.16 Å². The Kier molecular flexibility index (Phi) is 5.47. The smallest absolute Gasteiger partial charge is 0.339 e. The van der Waals surface area contributed by atoms with Gasteiger partial charge in [0.1, 0.15) is 0 Å². The highest BCUT2D eigenvalue weighted by atomic mass is 28.4. The van der Waals surface area contributed by atoms with Crippen molar-refractivity contribution in [1.29, 1.82) is 0 Å². The molecule has 1 heterocycles. The number of nitrogens with zero attached hydrogens (tertiary/aromatic N) is 1. The SMILES string of the molecule is COC(=O)c1cccnc1CCO[Si](C)(C)C(C)(C)C. The van der Waals surface area contributed by atoms with Crippen molar-refractivity contribution in [2.75, 3.05) is 13.7 Å². The first kappa shape index (κ1) is 16.9. The molecule has 0 unspecified atom stereocenters. The number of rotatable bonds is 5. The Morgan fingerprint density at radius 3 is 2.55 bits per heavy atom. The van der Waals surface area contributed by atoms with E-state index < -0.39 is 8.32 Å². The Labute approximate surface area is 122 Å². The third kappa shape index (κ3) is 4.15. The lowest BCUT2D eigenvalue weighted by Gasteiger charge is -2.36. The van der Waals surface area contributed by atoms with Crippen molar-refractivity contribution in [3.8, 4) is 0 Å². The second kappa shape index (κ2) is 6.50. The Bertz CT molecular complexity index is 466. The Morgan fingerprint density at radius 1 is 1.35 bits per heavy atom. The lowest BCUT2D eigenvalue weighted by molar-refractivity contribution is 0.0598. The predicted octanol–water partition coefficient (Wildman–Crippen LogP) is 3.43. The van der Waals surface area contributed by atoms with Gasteiger partial charge in [0.15, 0.2) is 8.32 Å². The third-order valence-electron chi connectivity index (χ3n) is 3.90. The van der Waals surface area contributed by atoms with Crippen LogP contribution in [0.1, 0.15) is 36.8 Å². The molecule has 1 aromatic rings. The van der Waals surface area contributed by atoms with Crippen molar-refractivity contribution in [2.45, 2.75) is 45.3 Å². The van der Waals surface area contributed by atoms with Crippen molar-refractivity contribution in [3.63, 3.8) is 0 Å². The number of pyridine rings is 1. The van der Waals surface area contributed by atoms with Gasteiger partial charge < -0.3 is 9.16 Å². The lowest BCUT2D eigenvalue weighted by Crippen LogP contribution is -2.41. The van der Waals surface area contributed by atoms with Gasteiger partial charge in [-0.1, -0.05) is 20.8 Å². The minimum absolute atomic E-state index is 0.183. The van der Waals surface area contributed by atoms with Crippen molar-refractivity contribution in [2.24, 2.45) is 0 Å². The van der Waals surface area contributed by atoms with E-state index in [0.717, 1.165) is 5.69 Å². The normalized spacial score (nSPS) is 12.3. The standard InChI is InChI=1S/C15H25NO3Si/c1-15(2,3)20(5,6)19-11-9-13-12(14(17)18-4)8-7-10-16-13/h7-8,10H,9,11H2,1-6H3. The van der Waals surface area contributed by atoms with E-state index in [1.165, 1.54) is 7.11 Å². The zero-order valence-electron chi connectivity index (χ0n) is 13.3. The molecule has 5 heteroatoms. The Hall–Kier alpha value is -1.20. The molecule has 0 aliphatic rings. The summed E-state index contributed by atoms with van der Waals surface area (Å²) in [7, 11) is -0.375. The van der Waals surface area contributed by atoms with E-state index in [1.807, 2.05) is 0 Å². The molecule has 0 aromatic carbocycles. The summed E-state index contributed by atoms with van der Waals surface area (Å²) >= 11 is 0. The summed E-state index contributed by atoms with van der Waals surface area (Å²) in [5, 5.41) is 0.183. The fourth-order valence-corrected chi connectivity index (χ4v) is 2.60. The predicted molar refractivity (Wildman–Crippen MR) is 82.4 cm³/mol. The Balaban J connectivity index is 2.70. The van der Waals surface area contributed by atoms with Crippen LogP contribution in [0.25, 0.3) is 0 Å². The molecule has 0 N–H and O–H groups in total. The molecule has 0 fully saturated rings. The monoisotopic (exact) mass is 295 g/mol. The maximum absolute atomic E-state index is 11.7. The maximum atomic E-state index is 11.7. The molecular formula is C15H25NO3Si. The van der Waals surface area contributed by atoms with Gasteiger partial charge >= 0.3 is 5.97 Å². The van der Waals surface area contributed by atoms with Crippen LogP contribution in [-0.2, 0) is 15.6 Å². The zero-order valence-corrected chi connectivity index (χ0v) is 14.3. The number of carbonyl (C=O) groups is 1. The molecule has 0 aliphatic carbocycles. The van der Waals surface area contributed by atoms with Crippen molar-refractivity contribution in [1.82, 2.24) is 4.98 Å². The van der Waals surface area contributed by atoms with Crippen LogP contribution in [0.3, 0.4) is 0 Å². The van der Waals surface area contributed by atoms with E-state index in [1.54, 1.807) is 18.3 Å². The molecule has 0 amide bonds. The van der Waals surface area contributed by atoms with Gasteiger partial charge in [0.25, 0.3) is 0 Å². The summed E-state index contributed by atoms with van der Waals surface area (Å²) in [6.07, 6.45) is 2.31. The summed E-state index contributed by atoms with van der Waals surface area (Å²) in [6.45, 7) is 11.6. The molecule has 0 saturated carbocycles. The van der Waals surface area contributed by atoms with Crippen LogP contribution in [0.2, 0.25) is 18.1 Å². The van der Waals surface area contributed by atoms with Gasteiger partial charge in [-0.25, -0.2) is 4.79 Å². The summed E-state index contributed by atoms with van der Waals surface area (Å²) in [4.78, 5) is 15.9. The first-order chi connectivity index (χ1) is 9.19. The highest BCUT2D eigenvalue weighted by Gasteiger charge is 2.36. The fraction of sp³-hybridized carbons (Fsp3) is 0.600. The molecule has 0 spiro atoms. The molecule has 20 heavy (non-hydrogen) atoms. The second-order valence-corrected chi connectivity index (χ2v) is 11.2. The average Bonchev–Trinajstić information content (AvgIpc) is 2.37. The van der Waals surface area contributed by atoms with Gasteiger partial charge in [0, 0.05) is 19.2 Å². The number of esters is 1. The zero-order chi connectivity index (χ0) is 15.4. The minimum atomic E-state index is -1.76. The van der Waals surface area contributed by atoms with Crippen molar-refractivity contribution < 1.29 is 14.0 Å². The molecule has 0 bridgehead atoms. The van der Waals surface area contributed by atoms with Gasteiger partial charge in [-0.3, -0.25) is 4.98 Å². The van der Waals surface area contributed by atoms with E-state index in [9.17, 15) is 4.79 Å². The van der Waals surface area contributed by atoms with E-state index >= 15 is 0 Å². The van der Waals surface area contributed by atoms with Gasteiger partial charge in [0.2, 0.25) is 0 Å². The summed E-state index contributed by atoms with van der Waals surface area (Å²) in [6, 6.07) is 3.48. The third-order valence-corrected chi connectivity index (χ3v) is 8.44. The topological polar surface area (TPSA) is 48.4 Å². The van der Waals surface area contributed by atoms with Gasteiger partial charge in [0.05, 0.1) is 18.4 Å².